The Balaban J connectivity index is 0. The van der Waals surface area contributed by atoms with E-state index in [1.165, 1.54) is 0 Å². The van der Waals surface area contributed by atoms with Crippen LogP contribution in [0.5, 0.6) is 0 Å². The molecule has 78 valence electrons. The standard InChI is InChI=1S/C5H7F2NO4.ClH/c6-5(7,1-2(9)10)3(8)4(11)12;/h3H,1,8H2,(H,9,10)(H,11,12);1H/t3-;/m1./s1. The highest BCUT2D eigenvalue weighted by molar-refractivity contribution is 5.85. The SMILES string of the molecule is Cl.N[C@H](C(=O)O)C(F)(F)CC(=O)O. The minimum atomic E-state index is -3.92. The molecule has 0 bridgehead atoms. The van der Waals surface area contributed by atoms with Crippen molar-refractivity contribution in [2.45, 2.75) is 18.4 Å². The van der Waals surface area contributed by atoms with E-state index in [0.29, 0.717) is 0 Å². The first-order valence-corrected chi connectivity index (χ1v) is 2.85. The maximum absolute atomic E-state index is 12.4. The molecule has 0 aromatic carbocycles. The van der Waals surface area contributed by atoms with Crippen LogP contribution in [0.25, 0.3) is 0 Å². The Labute approximate surface area is 77.9 Å². The molecule has 8 heteroatoms. The molecule has 4 N–H and O–H groups in total. The van der Waals surface area contributed by atoms with Gasteiger partial charge in [-0.25, -0.2) is 8.78 Å². The Morgan fingerprint density at radius 3 is 2.00 bits per heavy atom. The maximum Gasteiger partial charge on any atom is 0.326 e. The molecule has 0 heterocycles. The van der Waals surface area contributed by atoms with Crippen molar-refractivity contribution in [1.82, 2.24) is 0 Å². The summed E-state index contributed by atoms with van der Waals surface area (Å²) in [6.07, 6.45) is -1.58. The molecule has 0 spiro atoms. The summed E-state index contributed by atoms with van der Waals surface area (Å²) in [6.45, 7) is 0. The fourth-order valence-corrected chi connectivity index (χ4v) is 0.492. The van der Waals surface area contributed by atoms with Gasteiger partial charge in [0.1, 0.15) is 6.42 Å². The first kappa shape index (κ1) is 14.6. The zero-order valence-corrected chi connectivity index (χ0v) is 7.05. The Morgan fingerprint density at radius 1 is 1.38 bits per heavy atom. The van der Waals surface area contributed by atoms with Crippen LogP contribution in [-0.2, 0) is 9.59 Å². The fraction of sp³-hybridized carbons (Fsp3) is 0.600. The summed E-state index contributed by atoms with van der Waals surface area (Å²) >= 11 is 0. The smallest absolute Gasteiger partial charge is 0.326 e. The first-order chi connectivity index (χ1) is 5.27. The van der Waals surface area contributed by atoms with Crippen molar-refractivity contribution in [2.24, 2.45) is 5.73 Å². The van der Waals surface area contributed by atoms with E-state index in [0.717, 1.165) is 0 Å². The van der Waals surface area contributed by atoms with E-state index in [1.54, 1.807) is 0 Å². The largest absolute Gasteiger partial charge is 0.481 e. The first-order valence-electron chi connectivity index (χ1n) is 2.85. The van der Waals surface area contributed by atoms with Crippen LogP contribution < -0.4 is 5.73 Å². The molecule has 0 saturated heterocycles. The molecule has 0 aromatic rings. The summed E-state index contributed by atoms with van der Waals surface area (Å²) in [5, 5.41) is 16.0. The quantitative estimate of drug-likeness (QED) is 0.615. The number of carboxylic acids is 2. The van der Waals surface area contributed by atoms with E-state index in [-0.39, 0.29) is 12.4 Å². The number of hydrogen-bond acceptors (Lipinski definition) is 3. The zero-order chi connectivity index (χ0) is 9.94. The Morgan fingerprint density at radius 2 is 1.77 bits per heavy atom. The lowest BCUT2D eigenvalue weighted by atomic mass is 10.1. The van der Waals surface area contributed by atoms with E-state index in [2.05, 4.69) is 5.73 Å². The molecule has 0 saturated carbocycles. The van der Waals surface area contributed by atoms with Crippen LogP contribution in [0.15, 0.2) is 0 Å². The van der Waals surface area contributed by atoms with Gasteiger partial charge in [0, 0.05) is 0 Å². The fourth-order valence-electron chi connectivity index (χ4n) is 0.492. The molecular formula is C5H8ClF2NO4. The van der Waals surface area contributed by atoms with Gasteiger partial charge < -0.3 is 15.9 Å². The maximum atomic E-state index is 12.4. The number of halogens is 3. The number of rotatable bonds is 4. The zero-order valence-electron chi connectivity index (χ0n) is 6.24. The molecule has 0 aliphatic carbocycles. The highest BCUT2D eigenvalue weighted by Crippen LogP contribution is 2.21. The molecule has 0 amide bonds. The molecule has 1 atom stereocenters. The van der Waals surface area contributed by atoms with Crippen molar-refractivity contribution < 1.29 is 28.6 Å². The van der Waals surface area contributed by atoms with Crippen LogP contribution >= 0.6 is 12.4 Å². The molecule has 13 heavy (non-hydrogen) atoms. The van der Waals surface area contributed by atoms with Gasteiger partial charge in [-0.1, -0.05) is 0 Å². The number of nitrogens with two attached hydrogens (primary N) is 1. The van der Waals surface area contributed by atoms with E-state index in [4.69, 9.17) is 10.2 Å². The minimum absolute atomic E-state index is 0. The summed E-state index contributed by atoms with van der Waals surface area (Å²) < 4.78 is 24.9. The van der Waals surface area contributed by atoms with Crippen molar-refractivity contribution in [3.63, 3.8) is 0 Å². The van der Waals surface area contributed by atoms with E-state index in [1.807, 2.05) is 0 Å². The van der Waals surface area contributed by atoms with E-state index in [9.17, 15) is 18.4 Å². The van der Waals surface area contributed by atoms with Crippen molar-refractivity contribution >= 4 is 24.3 Å². The van der Waals surface area contributed by atoms with Crippen LogP contribution in [0.1, 0.15) is 6.42 Å². The molecule has 0 fully saturated rings. The third-order valence-corrected chi connectivity index (χ3v) is 1.11. The number of alkyl halides is 2. The van der Waals surface area contributed by atoms with Crippen LogP contribution in [0, 0.1) is 0 Å². The average molecular weight is 220 g/mol. The summed E-state index contributed by atoms with van der Waals surface area (Å²) in [7, 11) is 0. The van der Waals surface area contributed by atoms with Crippen LogP contribution in [0.4, 0.5) is 8.78 Å². The Kier molecular flexibility index (Phi) is 5.52. The lowest BCUT2D eigenvalue weighted by Crippen LogP contribution is -2.48. The van der Waals surface area contributed by atoms with Gasteiger partial charge in [-0.05, 0) is 0 Å². The van der Waals surface area contributed by atoms with Gasteiger partial charge in [0.2, 0.25) is 0 Å². The van der Waals surface area contributed by atoms with Gasteiger partial charge in [0.25, 0.3) is 5.92 Å². The normalized spacial score (nSPS) is 12.8. The molecule has 0 radical (unpaired) electrons. The van der Waals surface area contributed by atoms with Gasteiger partial charge >= 0.3 is 11.9 Å². The topological polar surface area (TPSA) is 101 Å². The molecular weight excluding hydrogens is 212 g/mol. The average Bonchev–Trinajstić information content (AvgIpc) is 1.82. The molecule has 0 aliphatic heterocycles. The predicted molar refractivity (Wildman–Crippen MR) is 40.1 cm³/mol. The van der Waals surface area contributed by atoms with Gasteiger partial charge in [0.05, 0.1) is 0 Å². The van der Waals surface area contributed by atoms with Gasteiger partial charge in [-0.3, -0.25) is 9.59 Å². The number of hydrogen-bond donors (Lipinski definition) is 3. The highest BCUT2D eigenvalue weighted by Gasteiger charge is 2.43. The molecule has 0 aliphatic rings. The Hall–Kier alpha value is -0.950. The van der Waals surface area contributed by atoms with E-state index >= 15 is 0 Å². The highest BCUT2D eigenvalue weighted by atomic mass is 35.5. The molecule has 0 rings (SSSR count). The summed E-state index contributed by atoms with van der Waals surface area (Å²) in [6, 6.07) is -2.48. The van der Waals surface area contributed by atoms with Crippen molar-refractivity contribution in [2.75, 3.05) is 0 Å². The molecule has 0 unspecified atom stereocenters. The second-order valence-electron chi connectivity index (χ2n) is 2.15. The summed E-state index contributed by atoms with van der Waals surface area (Å²) in [4.78, 5) is 19.7. The van der Waals surface area contributed by atoms with Crippen molar-refractivity contribution in [1.29, 1.82) is 0 Å². The van der Waals surface area contributed by atoms with Crippen molar-refractivity contribution in [3.05, 3.63) is 0 Å². The predicted octanol–water partition coefficient (Wildman–Crippen LogP) is -0.0699. The lowest BCUT2D eigenvalue weighted by Gasteiger charge is -2.17. The third-order valence-electron chi connectivity index (χ3n) is 1.11. The number of aliphatic carboxylic acids is 2. The number of carbonyl (C=O) groups is 2. The molecule has 0 aromatic heterocycles. The Bertz CT molecular complexity index is 211. The number of carboxylic acid groups (broad SMARTS) is 2. The van der Waals surface area contributed by atoms with Gasteiger partial charge in [-0.15, -0.1) is 12.4 Å². The van der Waals surface area contributed by atoms with Crippen LogP contribution in [0.3, 0.4) is 0 Å². The van der Waals surface area contributed by atoms with Crippen LogP contribution in [-0.4, -0.2) is 34.1 Å². The van der Waals surface area contributed by atoms with Gasteiger partial charge in [0.15, 0.2) is 6.04 Å². The van der Waals surface area contributed by atoms with Gasteiger partial charge in [-0.2, -0.15) is 0 Å². The van der Waals surface area contributed by atoms with Crippen LogP contribution in [0.2, 0.25) is 0 Å². The van der Waals surface area contributed by atoms with E-state index < -0.39 is 30.3 Å². The summed E-state index contributed by atoms with van der Waals surface area (Å²) in [5.74, 6) is -7.64. The second-order valence-corrected chi connectivity index (χ2v) is 2.15. The lowest BCUT2D eigenvalue weighted by molar-refractivity contribution is -0.155. The second kappa shape index (κ2) is 4.93. The monoisotopic (exact) mass is 219 g/mol. The third kappa shape index (κ3) is 4.58. The molecule has 5 nitrogen and oxygen atoms in total. The van der Waals surface area contributed by atoms with Crippen molar-refractivity contribution in [3.8, 4) is 0 Å². The summed E-state index contributed by atoms with van der Waals surface area (Å²) in [5.41, 5.74) is 4.53. The minimum Gasteiger partial charge on any atom is -0.481 e.